The first-order valence-corrected chi connectivity index (χ1v) is 8.28. The van der Waals surface area contributed by atoms with Crippen LogP contribution in [0.5, 0.6) is 0 Å². The third-order valence-corrected chi connectivity index (χ3v) is 4.35. The number of ether oxygens (including phenoxy) is 1. The maximum Gasteiger partial charge on any atom is 0.226 e. The molecule has 0 atom stereocenters. The lowest BCUT2D eigenvalue weighted by atomic mass is 10.2. The van der Waals surface area contributed by atoms with Crippen molar-refractivity contribution < 1.29 is 4.74 Å². The Morgan fingerprint density at radius 1 is 1.17 bits per heavy atom. The van der Waals surface area contributed by atoms with Crippen molar-refractivity contribution in [3.63, 3.8) is 0 Å². The van der Waals surface area contributed by atoms with E-state index in [-0.39, 0.29) is 5.28 Å². The van der Waals surface area contributed by atoms with Crippen LogP contribution in [0.1, 0.15) is 5.56 Å². The van der Waals surface area contributed by atoms with Gasteiger partial charge in [0, 0.05) is 31.5 Å². The van der Waals surface area contributed by atoms with Crippen LogP contribution in [0.15, 0.2) is 36.5 Å². The molecule has 3 aromatic rings. The summed E-state index contributed by atoms with van der Waals surface area (Å²) in [4.78, 5) is 11.1. The van der Waals surface area contributed by atoms with E-state index in [2.05, 4.69) is 19.4 Å². The van der Waals surface area contributed by atoms with Crippen LogP contribution >= 0.6 is 11.6 Å². The summed E-state index contributed by atoms with van der Waals surface area (Å²) in [6.07, 6.45) is 2.02. The Hall–Kier alpha value is -2.31. The van der Waals surface area contributed by atoms with Gasteiger partial charge in [0.05, 0.1) is 18.6 Å². The molecule has 24 heavy (non-hydrogen) atoms. The first-order chi connectivity index (χ1) is 11.7. The van der Waals surface area contributed by atoms with Crippen molar-refractivity contribution in [2.24, 2.45) is 0 Å². The zero-order chi connectivity index (χ0) is 16.5. The van der Waals surface area contributed by atoms with Gasteiger partial charge in [-0.25, -0.2) is 0 Å². The van der Waals surface area contributed by atoms with Crippen LogP contribution in [0.25, 0.3) is 11.0 Å². The Balaban J connectivity index is 1.74. The normalized spacial score (nSPS) is 15.1. The largest absolute Gasteiger partial charge is 0.399 e. The van der Waals surface area contributed by atoms with Crippen molar-refractivity contribution in [1.82, 2.24) is 14.5 Å². The van der Waals surface area contributed by atoms with Crippen LogP contribution in [-0.2, 0) is 11.3 Å². The number of benzene rings is 1. The highest BCUT2D eigenvalue weighted by Crippen LogP contribution is 2.27. The molecule has 0 bridgehead atoms. The van der Waals surface area contributed by atoms with Gasteiger partial charge in [0.1, 0.15) is 11.5 Å². The van der Waals surface area contributed by atoms with Gasteiger partial charge in [-0.15, -0.1) is 0 Å². The third kappa shape index (κ3) is 2.90. The third-order valence-electron chi connectivity index (χ3n) is 4.19. The minimum atomic E-state index is 0.261. The summed E-state index contributed by atoms with van der Waals surface area (Å²) in [5.41, 5.74) is 8.58. The topological polar surface area (TPSA) is 69.2 Å². The lowest BCUT2D eigenvalue weighted by Crippen LogP contribution is -2.37. The molecule has 0 amide bonds. The van der Waals surface area contributed by atoms with E-state index in [4.69, 9.17) is 22.1 Å². The van der Waals surface area contributed by atoms with E-state index in [1.54, 1.807) is 0 Å². The number of hydrogen-bond donors (Lipinski definition) is 1. The smallest absolute Gasteiger partial charge is 0.226 e. The molecule has 124 valence electrons. The average Bonchev–Trinajstić information content (AvgIpc) is 2.98. The highest BCUT2D eigenvalue weighted by molar-refractivity contribution is 6.28. The summed E-state index contributed by atoms with van der Waals surface area (Å²) in [5, 5.41) is 1.27. The lowest BCUT2D eigenvalue weighted by Gasteiger charge is -2.28. The van der Waals surface area contributed by atoms with Crippen molar-refractivity contribution >= 4 is 34.1 Å². The zero-order valence-corrected chi connectivity index (χ0v) is 13.9. The summed E-state index contributed by atoms with van der Waals surface area (Å²) in [6.45, 7) is 3.70. The molecule has 2 N–H and O–H groups in total. The van der Waals surface area contributed by atoms with Gasteiger partial charge < -0.3 is 19.9 Å². The molecule has 0 unspecified atom stereocenters. The maximum atomic E-state index is 6.19. The number of fused-ring (bicyclic) bond motifs is 1. The molecule has 0 saturated carbocycles. The van der Waals surface area contributed by atoms with E-state index in [0.29, 0.717) is 19.8 Å². The molecule has 1 saturated heterocycles. The van der Waals surface area contributed by atoms with Crippen molar-refractivity contribution in [2.45, 2.75) is 6.54 Å². The van der Waals surface area contributed by atoms with Gasteiger partial charge in [-0.1, -0.05) is 12.1 Å². The standard InChI is InChI=1S/C17H18ClN5O/c18-17-20-15(22-6-8-24-9-7-22)14-4-5-23(16(14)21-17)11-12-2-1-3-13(19)10-12/h1-5,10H,6-9,11,19H2. The maximum absolute atomic E-state index is 6.19. The number of anilines is 2. The Labute approximate surface area is 144 Å². The van der Waals surface area contributed by atoms with Gasteiger partial charge in [0.25, 0.3) is 0 Å². The molecular formula is C17H18ClN5O. The Morgan fingerprint density at radius 2 is 2.00 bits per heavy atom. The number of hydrogen-bond acceptors (Lipinski definition) is 5. The van der Waals surface area contributed by atoms with E-state index in [1.807, 2.05) is 36.5 Å². The molecule has 1 aromatic carbocycles. The van der Waals surface area contributed by atoms with Gasteiger partial charge in [-0.3, -0.25) is 0 Å². The van der Waals surface area contributed by atoms with Crippen LogP contribution in [0.3, 0.4) is 0 Å². The minimum absolute atomic E-state index is 0.261. The fourth-order valence-electron chi connectivity index (χ4n) is 3.06. The number of nitrogen functional groups attached to an aromatic ring is 1. The number of nitrogens with zero attached hydrogens (tertiary/aromatic N) is 4. The van der Waals surface area contributed by atoms with E-state index in [9.17, 15) is 0 Å². The molecule has 3 heterocycles. The van der Waals surface area contributed by atoms with Crippen LogP contribution in [0, 0.1) is 0 Å². The van der Waals surface area contributed by atoms with E-state index < -0.39 is 0 Å². The predicted molar refractivity (Wildman–Crippen MR) is 95.5 cm³/mol. The van der Waals surface area contributed by atoms with E-state index in [0.717, 1.165) is 41.2 Å². The Bertz CT molecular complexity index is 873. The number of nitrogens with two attached hydrogens (primary N) is 1. The molecule has 1 aliphatic heterocycles. The van der Waals surface area contributed by atoms with Crippen molar-refractivity contribution in [3.05, 3.63) is 47.4 Å². The molecule has 1 aliphatic rings. The van der Waals surface area contributed by atoms with Crippen LogP contribution < -0.4 is 10.6 Å². The van der Waals surface area contributed by atoms with E-state index in [1.165, 1.54) is 0 Å². The number of halogens is 1. The lowest BCUT2D eigenvalue weighted by molar-refractivity contribution is 0.122. The summed E-state index contributed by atoms with van der Waals surface area (Å²) in [7, 11) is 0. The number of rotatable bonds is 3. The Morgan fingerprint density at radius 3 is 2.79 bits per heavy atom. The van der Waals surface area contributed by atoms with Gasteiger partial charge in [-0.05, 0) is 35.4 Å². The first kappa shape index (κ1) is 15.2. The minimum Gasteiger partial charge on any atom is -0.399 e. The number of aromatic nitrogens is 3. The second kappa shape index (κ2) is 6.30. The summed E-state index contributed by atoms with van der Waals surface area (Å²) in [6, 6.07) is 9.90. The van der Waals surface area contributed by atoms with Crippen LogP contribution in [0.2, 0.25) is 5.28 Å². The summed E-state index contributed by atoms with van der Waals surface area (Å²) in [5.74, 6) is 0.875. The summed E-state index contributed by atoms with van der Waals surface area (Å²) >= 11 is 6.19. The molecule has 4 rings (SSSR count). The SMILES string of the molecule is Nc1cccc(Cn2ccc3c(N4CCOCC4)nc(Cl)nc32)c1. The average molecular weight is 344 g/mol. The molecule has 6 nitrogen and oxygen atoms in total. The Kier molecular flexibility index (Phi) is 4.00. The molecule has 2 aromatic heterocycles. The van der Waals surface area contributed by atoms with Crippen molar-refractivity contribution in [2.75, 3.05) is 36.9 Å². The second-order valence-corrected chi connectivity index (χ2v) is 6.18. The summed E-state index contributed by atoms with van der Waals surface area (Å²) < 4.78 is 7.49. The highest BCUT2D eigenvalue weighted by atomic mass is 35.5. The molecule has 1 fully saturated rings. The van der Waals surface area contributed by atoms with E-state index >= 15 is 0 Å². The quantitative estimate of drug-likeness (QED) is 0.584. The molecular weight excluding hydrogens is 326 g/mol. The molecule has 0 spiro atoms. The fourth-order valence-corrected chi connectivity index (χ4v) is 3.22. The molecule has 7 heteroatoms. The van der Waals surface area contributed by atoms with Gasteiger partial charge in [0.2, 0.25) is 5.28 Å². The number of morpholine rings is 1. The second-order valence-electron chi connectivity index (χ2n) is 5.84. The zero-order valence-electron chi connectivity index (χ0n) is 13.2. The van der Waals surface area contributed by atoms with Crippen LogP contribution in [0.4, 0.5) is 11.5 Å². The van der Waals surface area contributed by atoms with Gasteiger partial charge >= 0.3 is 0 Å². The van der Waals surface area contributed by atoms with Crippen LogP contribution in [-0.4, -0.2) is 40.8 Å². The van der Waals surface area contributed by atoms with Crippen molar-refractivity contribution in [1.29, 1.82) is 0 Å². The van der Waals surface area contributed by atoms with Crippen molar-refractivity contribution in [3.8, 4) is 0 Å². The van der Waals surface area contributed by atoms with Gasteiger partial charge in [0.15, 0.2) is 0 Å². The molecule has 0 radical (unpaired) electrons. The first-order valence-electron chi connectivity index (χ1n) is 7.90. The van der Waals surface area contributed by atoms with Gasteiger partial charge in [-0.2, -0.15) is 9.97 Å². The molecule has 0 aliphatic carbocycles. The predicted octanol–water partition coefficient (Wildman–Crippen LogP) is 2.55. The highest BCUT2D eigenvalue weighted by Gasteiger charge is 2.18. The fraction of sp³-hybridized carbons (Fsp3) is 0.294. The monoisotopic (exact) mass is 343 g/mol.